The molecule has 11 heteroatoms. The number of nitrogens with one attached hydrogen (secondary N) is 2. The van der Waals surface area contributed by atoms with Crippen molar-refractivity contribution in [2.75, 3.05) is 24.2 Å². The van der Waals surface area contributed by atoms with Crippen molar-refractivity contribution in [2.45, 2.75) is 5.25 Å². The monoisotopic (exact) mass is 355 g/mol. The van der Waals surface area contributed by atoms with Crippen molar-refractivity contribution in [3.63, 3.8) is 0 Å². The van der Waals surface area contributed by atoms with E-state index in [1.807, 2.05) is 5.38 Å². The zero-order valence-corrected chi connectivity index (χ0v) is 13.8. The Labute approximate surface area is 140 Å². The lowest BCUT2D eigenvalue weighted by Gasteiger charge is -2.12. The Morgan fingerprint density at radius 1 is 1.61 bits per heavy atom. The summed E-state index contributed by atoms with van der Waals surface area (Å²) in [5, 5.41) is 15.8. The van der Waals surface area contributed by atoms with Crippen molar-refractivity contribution in [1.29, 1.82) is 0 Å². The zero-order chi connectivity index (χ0) is 16.7. The highest BCUT2D eigenvalue weighted by Crippen LogP contribution is 2.29. The van der Waals surface area contributed by atoms with E-state index in [0.29, 0.717) is 18.9 Å². The third-order valence-corrected chi connectivity index (χ3v) is 4.70. The van der Waals surface area contributed by atoms with Gasteiger partial charge in [0.05, 0.1) is 27.9 Å². The van der Waals surface area contributed by atoms with Crippen LogP contribution in [-0.4, -0.2) is 39.7 Å². The SMILES string of the molecule is NC(N)=NCC(SCCNc1[nH]ccc1[N+](=O)[O-])c1cscn1. The van der Waals surface area contributed by atoms with Gasteiger partial charge in [-0.05, 0) is 0 Å². The van der Waals surface area contributed by atoms with Gasteiger partial charge in [0.1, 0.15) is 0 Å². The Hall–Kier alpha value is -2.27. The molecule has 0 aliphatic rings. The van der Waals surface area contributed by atoms with Crippen LogP contribution in [0, 0.1) is 10.1 Å². The number of thioether (sulfide) groups is 1. The molecule has 2 rings (SSSR count). The molecule has 0 saturated heterocycles. The summed E-state index contributed by atoms with van der Waals surface area (Å²) >= 11 is 3.15. The normalized spacial score (nSPS) is 11.8. The summed E-state index contributed by atoms with van der Waals surface area (Å²) in [6, 6.07) is 1.42. The van der Waals surface area contributed by atoms with Crippen LogP contribution in [0.3, 0.4) is 0 Å². The molecule has 0 fully saturated rings. The van der Waals surface area contributed by atoms with Crippen LogP contribution in [0.5, 0.6) is 0 Å². The number of hydrogen-bond donors (Lipinski definition) is 4. The molecule has 9 nitrogen and oxygen atoms in total. The maximum Gasteiger partial charge on any atom is 0.310 e. The van der Waals surface area contributed by atoms with E-state index in [9.17, 15) is 10.1 Å². The number of aliphatic imine (C=N–C) groups is 1. The third-order valence-electron chi connectivity index (χ3n) is 2.87. The van der Waals surface area contributed by atoms with E-state index < -0.39 is 4.92 Å². The fourth-order valence-electron chi connectivity index (χ4n) is 1.83. The van der Waals surface area contributed by atoms with Gasteiger partial charge in [0.25, 0.3) is 0 Å². The summed E-state index contributed by atoms with van der Waals surface area (Å²) in [6.07, 6.45) is 1.53. The Bertz CT molecular complexity index is 652. The summed E-state index contributed by atoms with van der Waals surface area (Å²) in [5.41, 5.74) is 13.5. The Morgan fingerprint density at radius 2 is 2.43 bits per heavy atom. The van der Waals surface area contributed by atoms with Gasteiger partial charge < -0.3 is 21.8 Å². The second-order valence-electron chi connectivity index (χ2n) is 4.46. The number of aromatic nitrogens is 2. The van der Waals surface area contributed by atoms with Gasteiger partial charge in [-0.25, -0.2) is 4.98 Å². The lowest BCUT2D eigenvalue weighted by molar-refractivity contribution is -0.383. The molecule has 1 unspecified atom stereocenters. The standard InChI is InChI=1S/C12H17N7O2S2/c13-12(14)17-5-10(8-6-22-7-18-8)23-4-3-16-11-9(19(20)21)1-2-15-11/h1-2,6-7,10,15-16H,3-5H2,(H4,13,14,17). The number of nitro groups is 1. The number of rotatable bonds is 9. The summed E-state index contributed by atoms with van der Waals surface area (Å²) < 4.78 is 0. The van der Waals surface area contributed by atoms with E-state index in [-0.39, 0.29) is 16.9 Å². The minimum atomic E-state index is -0.428. The fraction of sp³-hybridized carbons (Fsp3) is 0.333. The van der Waals surface area contributed by atoms with E-state index in [0.717, 1.165) is 11.4 Å². The topological polar surface area (TPSA) is 148 Å². The molecular weight excluding hydrogens is 338 g/mol. The largest absolute Gasteiger partial charge is 0.370 e. The molecule has 2 heterocycles. The van der Waals surface area contributed by atoms with Crippen molar-refractivity contribution >= 4 is 40.6 Å². The van der Waals surface area contributed by atoms with Crippen LogP contribution in [-0.2, 0) is 0 Å². The van der Waals surface area contributed by atoms with Gasteiger partial charge in [0.15, 0.2) is 11.8 Å². The number of anilines is 1. The minimum absolute atomic E-state index is 0.0338. The Balaban J connectivity index is 1.85. The summed E-state index contributed by atoms with van der Waals surface area (Å²) in [4.78, 5) is 21.5. The van der Waals surface area contributed by atoms with Crippen molar-refractivity contribution in [3.8, 4) is 0 Å². The molecule has 0 aromatic carbocycles. The van der Waals surface area contributed by atoms with Gasteiger partial charge in [-0.2, -0.15) is 0 Å². The lowest BCUT2D eigenvalue weighted by atomic mass is 10.3. The van der Waals surface area contributed by atoms with Crippen LogP contribution in [0.25, 0.3) is 0 Å². The number of guanidine groups is 1. The van der Waals surface area contributed by atoms with Crippen LogP contribution in [0.1, 0.15) is 10.9 Å². The minimum Gasteiger partial charge on any atom is -0.370 e. The molecule has 0 bridgehead atoms. The molecule has 0 amide bonds. The van der Waals surface area contributed by atoms with Crippen LogP contribution >= 0.6 is 23.1 Å². The first-order chi connectivity index (χ1) is 11.1. The van der Waals surface area contributed by atoms with Crippen LogP contribution in [0.2, 0.25) is 0 Å². The van der Waals surface area contributed by atoms with Gasteiger partial charge in [-0.3, -0.25) is 15.1 Å². The van der Waals surface area contributed by atoms with Crippen molar-refractivity contribution in [1.82, 2.24) is 9.97 Å². The fourth-order valence-corrected chi connectivity index (χ4v) is 3.51. The average Bonchev–Trinajstić information content (AvgIpc) is 3.17. The molecule has 1 atom stereocenters. The molecule has 2 aromatic heterocycles. The quantitative estimate of drug-likeness (QED) is 0.175. The molecule has 23 heavy (non-hydrogen) atoms. The van der Waals surface area contributed by atoms with E-state index in [1.165, 1.54) is 23.6 Å². The second-order valence-corrected chi connectivity index (χ2v) is 6.49. The summed E-state index contributed by atoms with van der Waals surface area (Å²) in [5.74, 6) is 1.18. The highest BCUT2D eigenvalue weighted by Gasteiger charge is 2.16. The average molecular weight is 355 g/mol. The molecule has 0 aliphatic carbocycles. The van der Waals surface area contributed by atoms with Gasteiger partial charge in [-0.1, -0.05) is 0 Å². The Morgan fingerprint density at radius 3 is 3.09 bits per heavy atom. The smallest absolute Gasteiger partial charge is 0.310 e. The van der Waals surface area contributed by atoms with Gasteiger partial charge >= 0.3 is 5.69 Å². The van der Waals surface area contributed by atoms with Crippen molar-refractivity contribution in [2.24, 2.45) is 16.5 Å². The second kappa shape index (κ2) is 8.39. The third kappa shape index (κ3) is 5.14. The number of H-pyrrole nitrogens is 1. The van der Waals surface area contributed by atoms with E-state index in [4.69, 9.17) is 11.5 Å². The predicted octanol–water partition coefficient (Wildman–Crippen LogP) is 1.54. The predicted molar refractivity (Wildman–Crippen MR) is 93.9 cm³/mol. The van der Waals surface area contributed by atoms with Crippen LogP contribution in [0.4, 0.5) is 11.5 Å². The first kappa shape index (κ1) is 17.1. The molecule has 6 N–H and O–H groups in total. The summed E-state index contributed by atoms with van der Waals surface area (Å²) in [7, 11) is 0. The highest BCUT2D eigenvalue weighted by atomic mass is 32.2. The molecule has 2 aromatic rings. The van der Waals surface area contributed by atoms with E-state index in [2.05, 4.69) is 20.3 Å². The summed E-state index contributed by atoms with van der Waals surface area (Å²) in [6.45, 7) is 1.01. The number of thiazole rings is 1. The maximum absolute atomic E-state index is 10.8. The molecule has 0 spiro atoms. The number of nitrogens with two attached hydrogens (primary N) is 2. The van der Waals surface area contributed by atoms with Gasteiger partial charge in [0, 0.05) is 29.9 Å². The lowest BCUT2D eigenvalue weighted by Crippen LogP contribution is -2.23. The molecule has 0 radical (unpaired) electrons. The highest BCUT2D eigenvalue weighted by molar-refractivity contribution is 7.99. The molecule has 0 aliphatic heterocycles. The number of nitrogens with zero attached hydrogens (tertiary/aromatic N) is 3. The van der Waals surface area contributed by atoms with Gasteiger partial charge in [0.2, 0.25) is 0 Å². The molecule has 124 valence electrons. The van der Waals surface area contributed by atoms with E-state index in [1.54, 1.807) is 17.3 Å². The van der Waals surface area contributed by atoms with Crippen molar-refractivity contribution < 1.29 is 4.92 Å². The Kier molecular flexibility index (Phi) is 6.23. The number of hydrogen-bond acceptors (Lipinski definition) is 7. The van der Waals surface area contributed by atoms with Gasteiger partial charge in [-0.15, -0.1) is 23.1 Å². The van der Waals surface area contributed by atoms with E-state index >= 15 is 0 Å². The molecular formula is C12H17N7O2S2. The van der Waals surface area contributed by atoms with Crippen molar-refractivity contribution in [3.05, 3.63) is 39.0 Å². The zero-order valence-electron chi connectivity index (χ0n) is 12.1. The first-order valence-corrected chi connectivity index (χ1v) is 8.67. The van der Waals surface area contributed by atoms with Crippen LogP contribution < -0.4 is 16.8 Å². The first-order valence-electron chi connectivity index (χ1n) is 6.68. The number of aromatic amines is 1. The maximum atomic E-state index is 10.8. The van der Waals surface area contributed by atoms with Crippen LogP contribution in [0.15, 0.2) is 28.1 Å². The molecule has 0 saturated carbocycles.